The number of para-hydroxylation sites is 2. The summed E-state index contributed by atoms with van der Waals surface area (Å²) in [7, 11) is 0. The molecule has 0 bridgehead atoms. The van der Waals surface area contributed by atoms with E-state index in [4.69, 9.17) is 9.47 Å². The number of ether oxygens (including phenoxy) is 2. The lowest BCUT2D eigenvalue weighted by Gasteiger charge is -2.37. The van der Waals surface area contributed by atoms with Crippen molar-refractivity contribution in [2.24, 2.45) is 0 Å². The van der Waals surface area contributed by atoms with E-state index >= 15 is 0 Å². The van der Waals surface area contributed by atoms with E-state index in [0.717, 1.165) is 80.1 Å². The van der Waals surface area contributed by atoms with Crippen LogP contribution in [-0.2, 0) is 0 Å². The SMILES string of the molecule is Cc1ccccc1-c1cccc2c1Oc1c(-c3ccccc3C)cc(-c3ccccc3)c3c1B2c1cccc(C2=CCCC=C2)c1O3. The first-order chi connectivity index (χ1) is 23.2. The number of hydrogen-bond donors (Lipinski definition) is 0. The maximum Gasteiger partial charge on any atom is 0.260 e. The predicted molar refractivity (Wildman–Crippen MR) is 196 cm³/mol. The number of benzene rings is 6. The van der Waals surface area contributed by atoms with Crippen LogP contribution in [0.15, 0.2) is 140 Å². The molecule has 0 spiro atoms. The van der Waals surface area contributed by atoms with Gasteiger partial charge in [0.2, 0.25) is 0 Å². The molecule has 0 radical (unpaired) electrons. The van der Waals surface area contributed by atoms with E-state index in [1.165, 1.54) is 27.7 Å². The highest BCUT2D eigenvalue weighted by Gasteiger charge is 2.44. The summed E-state index contributed by atoms with van der Waals surface area (Å²) in [6, 6.07) is 43.4. The molecule has 224 valence electrons. The van der Waals surface area contributed by atoms with E-state index in [2.05, 4.69) is 153 Å². The minimum absolute atomic E-state index is 0.0731. The summed E-state index contributed by atoms with van der Waals surface area (Å²) in [5.41, 5.74) is 14.9. The molecule has 2 aliphatic heterocycles. The molecule has 0 saturated heterocycles. The largest absolute Gasteiger partial charge is 0.457 e. The van der Waals surface area contributed by atoms with Crippen molar-refractivity contribution in [3.63, 3.8) is 0 Å². The quantitative estimate of drug-likeness (QED) is 0.186. The molecule has 0 fully saturated rings. The van der Waals surface area contributed by atoms with Gasteiger partial charge in [-0.25, -0.2) is 0 Å². The molecule has 0 N–H and O–H groups in total. The zero-order valence-corrected chi connectivity index (χ0v) is 26.6. The Balaban J connectivity index is 1.40. The van der Waals surface area contributed by atoms with Gasteiger partial charge in [0.15, 0.2) is 0 Å². The number of rotatable bonds is 4. The Morgan fingerprint density at radius 2 is 1.06 bits per heavy atom. The first-order valence-corrected chi connectivity index (χ1v) is 16.5. The van der Waals surface area contributed by atoms with Crippen molar-refractivity contribution in [1.29, 1.82) is 0 Å². The number of hydrogen-bond acceptors (Lipinski definition) is 2. The molecule has 3 heteroatoms. The Kier molecular flexibility index (Phi) is 6.53. The molecular formula is C44H33BO2. The Hall–Kier alpha value is -5.54. The molecule has 0 saturated carbocycles. The van der Waals surface area contributed by atoms with Crippen molar-refractivity contribution in [3.8, 4) is 56.4 Å². The summed E-state index contributed by atoms with van der Waals surface area (Å²) in [4.78, 5) is 0. The molecule has 47 heavy (non-hydrogen) atoms. The van der Waals surface area contributed by atoms with Crippen LogP contribution in [0.2, 0.25) is 0 Å². The average Bonchev–Trinajstić information content (AvgIpc) is 3.12. The Labute approximate surface area is 276 Å². The maximum absolute atomic E-state index is 7.26. The zero-order chi connectivity index (χ0) is 31.5. The summed E-state index contributed by atoms with van der Waals surface area (Å²) in [5.74, 6) is 3.60. The molecule has 6 aromatic carbocycles. The molecule has 3 aliphatic rings. The van der Waals surface area contributed by atoms with Crippen LogP contribution in [0, 0.1) is 13.8 Å². The van der Waals surface area contributed by atoms with E-state index in [0.29, 0.717) is 0 Å². The number of aryl methyl sites for hydroxylation is 2. The van der Waals surface area contributed by atoms with Crippen LogP contribution >= 0.6 is 0 Å². The second-order valence-corrected chi connectivity index (χ2v) is 12.8. The van der Waals surface area contributed by atoms with Crippen molar-refractivity contribution in [3.05, 3.63) is 156 Å². The van der Waals surface area contributed by atoms with Gasteiger partial charge < -0.3 is 9.47 Å². The third-order valence-corrected chi connectivity index (χ3v) is 9.94. The Morgan fingerprint density at radius 1 is 0.489 bits per heavy atom. The van der Waals surface area contributed by atoms with E-state index in [1.807, 2.05) is 0 Å². The van der Waals surface area contributed by atoms with Crippen LogP contribution in [0.3, 0.4) is 0 Å². The highest BCUT2D eigenvalue weighted by atomic mass is 16.5. The third kappa shape index (κ3) is 4.41. The molecule has 0 aromatic heterocycles. The molecule has 9 rings (SSSR count). The van der Waals surface area contributed by atoms with Crippen molar-refractivity contribution < 1.29 is 9.47 Å². The lowest BCUT2D eigenvalue weighted by atomic mass is 9.34. The fourth-order valence-corrected chi connectivity index (χ4v) is 7.66. The molecule has 0 unspecified atom stereocenters. The van der Waals surface area contributed by atoms with Gasteiger partial charge >= 0.3 is 0 Å². The fourth-order valence-electron chi connectivity index (χ4n) is 7.66. The summed E-state index contributed by atoms with van der Waals surface area (Å²) in [6.07, 6.45) is 8.96. The molecule has 0 amide bonds. The molecule has 2 nitrogen and oxygen atoms in total. The summed E-state index contributed by atoms with van der Waals surface area (Å²) in [6.45, 7) is 4.28. The molecule has 6 aromatic rings. The lowest BCUT2D eigenvalue weighted by Crippen LogP contribution is -2.58. The van der Waals surface area contributed by atoms with Crippen molar-refractivity contribution in [2.75, 3.05) is 0 Å². The first-order valence-electron chi connectivity index (χ1n) is 16.5. The van der Waals surface area contributed by atoms with Crippen LogP contribution in [0.5, 0.6) is 23.0 Å². The third-order valence-electron chi connectivity index (χ3n) is 9.94. The molecule has 1 aliphatic carbocycles. The van der Waals surface area contributed by atoms with Gasteiger partial charge in [0.25, 0.3) is 6.71 Å². The maximum atomic E-state index is 7.26. The van der Waals surface area contributed by atoms with Gasteiger partial charge in [-0.05, 0) is 77.1 Å². The van der Waals surface area contributed by atoms with Crippen LogP contribution < -0.4 is 25.9 Å². The fraction of sp³-hybridized carbons (Fsp3) is 0.0909. The minimum atomic E-state index is -0.0731. The van der Waals surface area contributed by atoms with E-state index in [-0.39, 0.29) is 6.71 Å². The van der Waals surface area contributed by atoms with Crippen LogP contribution in [0.1, 0.15) is 29.5 Å². The van der Waals surface area contributed by atoms with Crippen molar-refractivity contribution in [2.45, 2.75) is 26.7 Å². The standard InChI is InChI=1S/C44H33BO2/c1-28-15-9-11-21-32(28)35-24-14-26-39-42(35)47-44-37(33-22-12-10-16-29(33)2)27-36(31-19-7-4-8-20-31)43-40(44)45(39)38-25-13-23-34(41(38)46-43)30-17-5-3-6-18-30/h4-5,7-27H,3,6H2,1-2H3. The zero-order valence-electron chi connectivity index (χ0n) is 26.6. The number of fused-ring (bicyclic) bond motifs is 4. The smallest absolute Gasteiger partial charge is 0.260 e. The van der Waals surface area contributed by atoms with Crippen molar-refractivity contribution >= 4 is 28.7 Å². The second kappa shape index (κ2) is 11.1. The normalized spacial score (nSPS) is 13.9. The number of allylic oxidation sites excluding steroid dienone is 4. The minimum Gasteiger partial charge on any atom is -0.457 e. The summed E-state index contributed by atoms with van der Waals surface area (Å²) >= 11 is 0. The Bertz CT molecular complexity index is 2280. The van der Waals surface area contributed by atoms with Gasteiger partial charge in [-0.15, -0.1) is 0 Å². The van der Waals surface area contributed by atoms with Gasteiger partial charge in [-0.2, -0.15) is 0 Å². The topological polar surface area (TPSA) is 18.5 Å². The molecular weight excluding hydrogens is 571 g/mol. The van der Waals surface area contributed by atoms with E-state index in [9.17, 15) is 0 Å². The highest BCUT2D eigenvalue weighted by molar-refractivity contribution is 6.98. The van der Waals surface area contributed by atoms with E-state index < -0.39 is 0 Å². The predicted octanol–water partition coefficient (Wildman–Crippen LogP) is 9.77. The van der Waals surface area contributed by atoms with Crippen LogP contribution in [-0.4, -0.2) is 6.71 Å². The van der Waals surface area contributed by atoms with Crippen LogP contribution in [0.4, 0.5) is 0 Å². The second-order valence-electron chi connectivity index (χ2n) is 12.8. The monoisotopic (exact) mass is 604 g/mol. The van der Waals surface area contributed by atoms with E-state index in [1.54, 1.807) is 0 Å². The van der Waals surface area contributed by atoms with Gasteiger partial charge in [0, 0.05) is 27.7 Å². The lowest BCUT2D eigenvalue weighted by molar-refractivity contribution is 0.467. The van der Waals surface area contributed by atoms with Gasteiger partial charge in [0.05, 0.1) is 0 Å². The Morgan fingerprint density at radius 3 is 1.72 bits per heavy atom. The first kappa shape index (κ1) is 27.7. The summed E-state index contributed by atoms with van der Waals surface area (Å²) < 4.78 is 14.5. The van der Waals surface area contributed by atoms with Crippen LogP contribution in [0.25, 0.3) is 39.0 Å². The molecule has 0 atom stereocenters. The van der Waals surface area contributed by atoms with Gasteiger partial charge in [0.1, 0.15) is 23.0 Å². The van der Waals surface area contributed by atoms with Crippen molar-refractivity contribution in [1.82, 2.24) is 0 Å². The summed E-state index contributed by atoms with van der Waals surface area (Å²) in [5, 5.41) is 0. The average molecular weight is 605 g/mol. The van der Waals surface area contributed by atoms with Gasteiger partial charge in [-0.3, -0.25) is 0 Å². The van der Waals surface area contributed by atoms with Gasteiger partial charge in [-0.1, -0.05) is 133 Å². The highest BCUT2D eigenvalue weighted by Crippen LogP contribution is 2.49. The molecule has 2 heterocycles.